The number of anilines is 3. The second kappa shape index (κ2) is 8.81. The maximum atomic E-state index is 5.07. The van der Waals surface area contributed by atoms with E-state index in [9.17, 15) is 0 Å². The van der Waals surface area contributed by atoms with Crippen molar-refractivity contribution in [3.63, 3.8) is 0 Å². The molecule has 0 saturated carbocycles. The molecule has 0 aliphatic heterocycles. The lowest BCUT2D eigenvalue weighted by atomic mass is 10.0. The Hall–Kier alpha value is -2.97. The Morgan fingerprint density at radius 3 is 2.43 bits per heavy atom. The van der Waals surface area contributed by atoms with Gasteiger partial charge in [0, 0.05) is 24.6 Å². The van der Waals surface area contributed by atoms with Gasteiger partial charge in [-0.2, -0.15) is 4.52 Å². The van der Waals surface area contributed by atoms with Crippen LogP contribution in [0.4, 0.5) is 17.3 Å². The molecule has 3 aromatic rings. The molecule has 3 aromatic heterocycles. The minimum Gasteiger partial charge on any atom is -0.480 e. The molecule has 0 fully saturated rings. The summed E-state index contributed by atoms with van der Waals surface area (Å²) in [6.45, 7) is 9.43. The molecule has 0 aliphatic carbocycles. The molecule has 0 radical (unpaired) electrons. The van der Waals surface area contributed by atoms with Gasteiger partial charge in [-0.1, -0.05) is 40.5 Å². The van der Waals surface area contributed by atoms with E-state index < -0.39 is 0 Å². The molecule has 3 rings (SSSR count). The predicted molar refractivity (Wildman–Crippen MR) is 109 cm³/mol. The predicted octanol–water partition coefficient (Wildman–Crippen LogP) is 3.64. The standard InChI is InChI=1S/C19H28N8O/c1-6-13(7-2)11-20-16-10-14(21-15-8-9-17(28-5)23-22-15)19-25-24-18(12(3)4)27(19)26-16/h8-10,12-13H,6-7,11H2,1-5H3,(H,20,26)(H,21,22). The largest absolute Gasteiger partial charge is 0.480 e. The first-order valence-electron chi connectivity index (χ1n) is 9.70. The zero-order valence-corrected chi connectivity index (χ0v) is 17.1. The molecule has 0 spiro atoms. The highest BCUT2D eigenvalue weighted by Crippen LogP contribution is 2.25. The SMILES string of the molecule is CCC(CC)CNc1cc(Nc2ccc(OC)nn2)c2nnc(C(C)C)n2n1. The minimum atomic E-state index is 0.199. The van der Waals surface area contributed by atoms with Crippen molar-refractivity contribution in [1.29, 1.82) is 0 Å². The van der Waals surface area contributed by atoms with Crippen LogP contribution >= 0.6 is 0 Å². The highest BCUT2D eigenvalue weighted by atomic mass is 16.5. The maximum Gasteiger partial charge on any atom is 0.233 e. The zero-order valence-electron chi connectivity index (χ0n) is 17.1. The lowest BCUT2D eigenvalue weighted by Gasteiger charge is -2.15. The Morgan fingerprint density at radius 1 is 1.04 bits per heavy atom. The fraction of sp³-hybridized carbons (Fsp3) is 0.526. The number of hydrogen-bond donors (Lipinski definition) is 2. The fourth-order valence-corrected chi connectivity index (χ4v) is 2.89. The van der Waals surface area contributed by atoms with Crippen molar-refractivity contribution in [2.45, 2.75) is 46.5 Å². The van der Waals surface area contributed by atoms with Gasteiger partial charge in [0.15, 0.2) is 11.6 Å². The molecule has 9 nitrogen and oxygen atoms in total. The summed E-state index contributed by atoms with van der Waals surface area (Å²) < 4.78 is 6.86. The third kappa shape index (κ3) is 4.29. The van der Waals surface area contributed by atoms with Crippen LogP contribution in [0.25, 0.3) is 5.65 Å². The van der Waals surface area contributed by atoms with Crippen LogP contribution in [0.5, 0.6) is 5.88 Å². The van der Waals surface area contributed by atoms with E-state index in [1.165, 1.54) is 0 Å². The van der Waals surface area contributed by atoms with E-state index in [-0.39, 0.29) is 5.92 Å². The Labute approximate surface area is 164 Å². The number of rotatable bonds is 9. The van der Waals surface area contributed by atoms with E-state index in [1.807, 2.05) is 6.07 Å². The van der Waals surface area contributed by atoms with Gasteiger partial charge in [-0.15, -0.1) is 25.5 Å². The monoisotopic (exact) mass is 384 g/mol. The molecule has 28 heavy (non-hydrogen) atoms. The summed E-state index contributed by atoms with van der Waals surface area (Å²) in [5.74, 6) is 3.43. The van der Waals surface area contributed by atoms with E-state index in [0.717, 1.165) is 36.7 Å². The summed E-state index contributed by atoms with van der Waals surface area (Å²) in [5.41, 5.74) is 1.41. The topological polar surface area (TPSA) is 102 Å². The number of ether oxygens (including phenoxy) is 1. The molecule has 0 amide bonds. The van der Waals surface area contributed by atoms with Crippen LogP contribution in [0.1, 0.15) is 52.3 Å². The smallest absolute Gasteiger partial charge is 0.233 e. The Balaban J connectivity index is 1.96. The lowest BCUT2D eigenvalue weighted by Crippen LogP contribution is -2.15. The molecule has 3 heterocycles. The molecule has 0 saturated heterocycles. The number of aromatic nitrogens is 6. The summed E-state index contributed by atoms with van der Waals surface area (Å²) in [6.07, 6.45) is 2.25. The van der Waals surface area contributed by atoms with E-state index >= 15 is 0 Å². The van der Waals surface area contributed by atoms with E-state index in [1.54, 1.807) is 23.8 Å². The minimum absolute atomic E-state index is 0.199. The van der Waals surface area contributed by atoms with Crippen LogP contribution < -0.4 is 15.4 Å². The molecule has 150 valence electrons. The van der Waals surface area contributed by atoms with Gasteiger partial charge < -0.3 is 15.4 Å². The van der Waals surface area contributed by atoms with Crippen molar-refractivity contribution in [3.05, 3.63) is 24.0 Å². The van der Waals surface area contributed by atoms with Crippen molar-refractivity contribution in [1.82, 2.24) is 30.0 Å². The second-order valence-electron chi connectivity index (χ2n) is 7.04. The normalized spacial score (nSPS) is 11.4. The third-order valence-electron chi connectivity index (χ3n) is 4.75. The first-order chi connectivity index (χ1) is 13.5. The van der Waals surface area contributed by atoms with Crippen molar-refractivity contribution < 1.29 is 4.74 Å². The van der Waals surface area contributed by atoms with Crippen molar-refractivity contribution >= 4 is 23.0 Å². The zero-order chi connectivity index (χ0) is 20.1. The van der Waals surface area contributed by atoms with Crippen LogP contribution in [-0.4, -0.2) is 43.7 Å². The first kappa shape index (κ1) is 19.8. The van der Waals surface area contributed by atoms with Gasteiger partial charge in [0.25, 0.3) is 0 Å². The average molecular weight is 384 g/mol. The highest BCUT2D eigenvalue weighted by Gasteiger charge is 2.16. The van der Waals surface area contributed by atoms with E-state index in [0.29, 0.717) is 23.3 Å². The van der Waals surface area contributed by atoms with Crippen LogP contribution in [0, 0.1) is 5.92 Å². The average Bonchev–Trinajstić information content (AvgIpc) is 3.14. The van der Waals surface area contributed by atoms with Gasteiger partial charge in [0.2, 0.25) is 11.5 Å². The first-order valence-corrected chi connectivity index (χ1v) is 9.70. The maximum absolute atomic E-state index is 5.07. The summed E-state index contributed by atoms with van der Waals surface area (Å²) in [5, 5.41) is 28.2. The van der Waals surface area contributed by atoms with Crippen LogP contribution in [0.15, 0.2) is 18.2 Å². The summed E-state index contributed by atoms with van der Waals surface area (Å²) in [4.78, 5) is 0. The lowest BCUT2D eigenvalue weighted by molar-refractivity contribution is 0.392. The van der Waals surface area contributed by atoms with Gasteiger partial charge >= 0.3 is 0 Å². The number of methoxy groups -OCH3 is 1. The number of fused-ring (bicyclic) bond motifs is 1. The Morgan fingerprint density at radius 2 is 1.82 bits per heavy atom. The van der Waals surface area contributed by atoms with Crippen molar-refractivity contribution in [2.24, 2.45) is 5.92 Å². The number of hydrogen-bond acceptors (Lipinski definition) is 8. The Kier molecular flexibility index (Phi) is 6.23. The number of nitrogens with zero attached hydrogens (tertiary/aromatic N) is 6. The quantitative estimate of drug-likeness (QED) is 0.576. The molecule has 0 atom stereocenters. The van der Waals surface area contributed by atoms with Gasteiger partial charge in [0.05, 0.1) is 12.8 Å². The van der Waals surface area contributed by atoms with Crippen molar-refractivity contribution in [2.75, 3.05) is 24.3 Å². The van der Waals surface area contributed by atoms with Gasteiger partial charge in [-0.05, 0) is 12.0 Å². The van der Waals surface area contributed by atoms with E-state index in [2.05, 4.69) is 58.7 Å². The summed E-state index contributed by atoms with van der Waals surface area (Å²) in [7, 11) is 1.56. The van der Waals surface area contributed by atoms with Gasteiger partial charge in [-0.25, -0.2) is 0 Å². The van der Waals surface area contributed by atoms with Crippen LogP contribution in [0.3, 0.4) is 0 Å². The third-order valence-corrected chi connectivity index (χ3v) is 4.75. The van der Waals surface area contributed by atoms with Crippen LogP contribution in [0.2, 0.25) is 0 Å². The summed E-state index contributed by atoms with van der Waals surface area (Å²) in [6, 6.07) is 5.49. The fourth-order valence-electron chi connectivity index (χ4n) is 2.89. The van der Waals surface area contributed by atoms with Gasteiger partial charge in [0.1, 0.15) is 5.82 Å². The molecule has 0 aromatic carbocycles. The molecule has 2 N–H and O–H groups in total. The molecule has 0 aliphatic rings. The highest BCUT2D eigenvalue weighted by molar-refractivity contribution is 5.74. The van der Waals surface area contributed by atoms with Crippen LogP contribution in [-0.2, 0) is 0 Å². The molecular formula is C19H28N8O. The summed E-state index contributed by atoms with van der Waals surface area (Å²) >= 11 is 0. The molecule has 0 bridgehead atoms. The number of nitrogens with one attached hydrogen (secondary N) is 2. The Bertz CT molecular complexity index is 902. The second-order valence-corrected chi connectivity index (χ2v) is 7.04. The molecular weight excluding hydrogens is 356 g/mol. The van der Waals surface area contributed by atoms with Gasteiger partial charge in [-0.3, -0.25) is 0 Å². The van der Waals surface area contributed by atoms with E-state index in [4.69, 9.17) is 9.84 Å². The molecule has 0 unspecified atom stereocenters. The molecule has 9 heteroatoms. The van der Waals surface area contributed by atoms with Crippen molar-refractivity contribution in [3.8, 4) is 5.88 Å².